The summed E-state index contributed by atoms with van der Waals surface area (Å²) >= 11 is 0. The molecule has 10 heteroatoms. The number of nitrogens with one attached hydrogen (secondary N) is 1. The number of hydrogen-bond acceptors (Lipinski definition) is 8. The number of anilines is 1. The van der Waals surface area contributed by atoms with Gasteiger partial charge in [0.1, 0.15) is 11.3 Å². The maximum atomic E-state index is 12.0. The molecule has 4 aromatic rings. The van der Waals surface area contributed by atoms with Gasteiger partial charge in [-0.15, -0.1) is 0 Å². The number of imidazole rings is 1. The highest BCUT2D eigenvalue weighted by Crippen LogP contribution is 2.33. The Morgan fingerprint density at radius 2 is 2.06 bits per heavy atom. The van der Waals surface area contributed by atoms with Crippen LogP contribution in [0.5, 0.6) is 11.5 Å². The second kappa shape index (κ2) is 9.57. The lowest BCUT2D eigenvalue weighted by Crippen LogP contribution is -2.24. The number of rotatable bonds is 8. The lowest BCUT2D eigenvalue weighted by atomic mass is 10.1. The van der Waals surface area contributed by atoms with Crippen molar-refractivity contribution in [3.63, 3.8) is 0 Å². The highest BCUT2D eigenvalue weighted by Gasteiger charge is 2.16. The minimum atomic E-state index is -0.454. The second-order valence-electron chi connectivity index (χ2n) is 8.43. The van der Waals surface area contributed by atoms with Crippen LogP contribution in [0.4, 0.5) is 10.6 Å². The van der Waals surface area contributed by atoms with Crippen LogP contribution < -0.4 is 20.5 Å². The Bertz CT molecular complexity index is 1360. The smallest absolute Gasteiger partial charge is 0.407 e. The predicted molar refractivity (Wildman–Crippen MR) is 129 cm³/mol. The van der Waals surface area contributed by atoms with Crippen LogP contribution >= 0.6 is 0 Å². The zero-order chi connectivity index (χ0) is 24.4. The van der Waals surface area contributed by atoms with E-state index in [2.05, 4.69) is 15.3 Å². The normalized spacial score (nSPS) is 12.3. The topological polar surface area (TPSA) is 127 Å². The monoisotopic (exact) mass is 477 g/mol. The molecule has 10 nitrogen and oxygen atoms in total. The maximum absolute atomic E-state index is 12.0. The van der Waals surface area contributed by atoms with Gasteiger partial charge in [-0.25, -0.2) is 14.8 Å². The molecule has 5 rings (SSSR count). The zero-order valence-electron chi connectivity index (χ0n) is 19.7. The number of nitrogens with zero attached hydrogens (tertiary/aromatic N) is 3. The quantitative estimate of drug-likeness (QED) is 0.359. The number of ether oxygens (including phenoxy) is 3. The zero-order valence-corrected chi connectivity index (χ0v) is 19.7. The molecule has 0 atom stereocenters. The van der Waals surface area contributed by atoms with Crippen molar-refractivity contribution in [3.05, 3.63) is 53.7 Å². The largest absolute Gasteiger partial charge is 0.469 e. The van der Waals surface area contributed by atoms with Gasteiger partial charge < -0.3 is 34.2 Å². The van der Waals surface area contributed by atoms with Crippen molar-refractivity contribution in [3.8, 4) is 22.8 Å². The summed E-state index contributed by atoms with van der Waals surface area (Å²) in [5.74, 6) is 2.58. The molecule has 182 valence electrons. The summed E-state index contributed by atoms with van der Waals surface area (Å²) in [4.78, 5) is 21.0. The molecular weight excluding hydrogens is 450 g/mol. The van der Waals surface area contributed by atoms with E-state index in [1.807, 2.05) is 42.7 Å². The molecule has 4 heterocycles. The second-order valence-corrected chi connectivity index (χ2v) is 8.43. The molecule has 0 saturated carbocycles. The molecule has 0 unspecified atom stereocenters. The van der Waals surface area contributed by atoms with Gasteiger partial charge in [0.2, 0.25) is 6.79 Å². The highest BCUT2D eigenvalue weighted by atomic mass is 16.7. The Balaban J connectivity index is 1.12. The summed E-state index contributed by atoms with van der Waals surface area (Å²) in [5, 5.41) is 2.75. The number of benzene rings is 1. The van der Waals surface area contributed by atoms with E-state index in [-0.39, 0.29) is 6.79 Å². The van der Waals surface area contributed by atoms with Crippen LogP contribution in [-0.4, -0.2) is 34.0 Å². The van der Waals surface area contributed by atoms with Crippen molar-refractivity contribution in [2.75, 3.05) is 19.1 Å². The van der Waals surface area contributed by atoms with Gasteiger partial charge >= 0.3 is 6.09 Å². The van der Waals surface area contributed by atoms with Crippen LogP contribution in [-0.2, 0) is 17.8 Å². The number of fused-ring (bicyclic) bond motifs is 2. The molecule has 0 bridgehead atoms. The van der Waals surface area contributed by atoms with E-state index < -0.39 is 6.09 Å². The fraction of sp³-hybridized carbons (Fsp3) is 0.320. The average molecular weight is 478 g/mol. The first-order valence-electron chi connectivity index (χ1n) is 11.4. The van der Waals surface area contributed by atoms with Gasteiger partial charge in [-0.3, -0.25) is 0 Å². The number of aryl methyl sites for hydroxylation is 3. The maximum Gasteiger partial charge on any atom is 0.407 e. The van der Waals surface area contributed by atoms with Crippen molar-refractivity contribution >= 4 is 22.9 Å². The van der Waals surface area contributed by atoms with E-state index >= 15 is 0 Å². The first-order valence-corrected chi connectivity index (χ1v) is 11.4. The SMILES string of the molecule is Cc1coc(C)c1-c1cc2c(ncn2CCCCOC(=O)NCc2ccc3c(c2)OCO3)c(N)n1. The van der Waals surface area contributed by atoms with Crippen LogP contribution in [0.15, 0.2) is 41.3 Å². The molecule has 0 spiro atoms. The van der Waals surface area contributed by atoms with Gasteiger partial charge in [0.15, 0.2) is 17.3 Å². The fourth-order valence-electron chi connectivity index (χ4n) is 4.17. The number of pyridine rings is 1. The van der Waals surface area contributed by atoms with E-state index in [0.29, 0.717) is 49.0 Å². The molecule has 1 aliphatic rings. The molecule has 1 aromatic carbocycles. The fourth-order valence-corrected chi connectivity index (χ4v) is 4.17. The summed E-state index contributed by atoms with van der Waals surface area (Å²) in [7, 11) is 0. The molecule has 35 heavy (non-hydrogen) atoms. The third kappa shape index (κ3) is 4.72. The molecule has 1 aliphatic heterocycles. The average Bonchev–Trinajstić information content (AvgIpc) is 3.56. The van der Waals surface area contributed by atoms with Crippen LogP contribution in [0.1, 0.15) is 29.7 Å². The lowest BCUT2D eigenvalue weighted by molar-refractivity contribution is 0.143. The number of alkyl carbamates (subject to hydrolysis) is 1. The number of aromatic nitrogens is 3. The Morgan fingerprint density at radius 1 is 1.20 bits per heavy atom. The number of hydrogen-bond donors (Lipinski definition) is 2. The van der Waals surface area contributed by atoms with Gasteiger partial charge in [0, 0.05) is 18.7 Å². The molecule has 0 radical (unpaired) electrons. The molecule has 1 amide bonds. The Kier molecular flexibility index (Phi) is 6.17. The van der Waals surface area contributed by atoms with Crippen molar-refractivity contribution in [1.29, 1.82) is 0 Å². The Morgan fingerprint density at radius 3 is 2.89 bits per heavy atom. The van der Waals surface area contributed by atoms with Crippen LogP contribution in [0, 0.1) is 13.8 Å². The van der Waals surface area contributed by atoms with E-state index in [1.165, 1.54) is 0 Å². The third-order valence-corrected chi connectivity index (χ3v) is 5.95. The molecule has 0 fully saturated rings. The summed E-state index contributed by atoms with van der Waals surface area (Å²) < 4.78 is 23.5. The van der Waals surface area contributed by atoms with Gasteiger partial charge in [-0.05, 0) is 56.0 Å². The van der Waals surface area contributed by atoms with Gasteiger partial charge in [-0.2, -0.15) is 0 Å². The number of unbranched alkanes of at least 4 members (excludes halogenated alkanes) is 1. The number of nitrogen functional groups attached to an aromatic ring is 1. The standard InChI is InChI=1S/C25H27N5O5/c1-15-12-33-16(2)22(15)18-10-19-23(24(26)29-18)28-13-30(19)7-3-4-8-32-25(31)27-11-17-5-6-20-21(9-17)35-14-34-20/h5-6,9-10,12-13H,3-4,7-8,11,14H2,1-2H3,(H2,26,29)(H,27,31). The minimum Gasteiger partial charge on any atom is -0.469 e. The first-order chi connectivity index (χ1) is 17.0. The van der Waals surface area contributed by atoms with Crippen molar-refractivity contribution in [2.45, 2.75) is 39.8 Å². The molecule has 3 N–H and O–H groups in total. The first kappa shape index (κ1) is 22.6. The van der Waals surface area contributed by atoms with Crippen molar-refractivity contribution < 1.29 is 23.4 Å². The van der Waals surface area contributed by atoms with E-state index in [0.717, 1.165) is 40.1 Å². The summed E-state index contributed by atoms with van der Waals surface area (Å²) in [5.41, 5.74) is 11.4. The van der Waals surface area contributed by atoms with Gasteiger partial charge in [-0.1, -0.05) is 6.07 Å². The van der Waals surface area contributed by atoms with E-state index in [4.69, 9.17) is 24.4 Å². The number of nitrogens with two attached hydrogens (primary N) is 1. The van der Waals surface area contributed by atoms with Crippen molar-refractivity contribution in [2.24, 2.45) is 0 Å². The summed E-state index contributed by atoms with van der Waals surface area (Å²) in [6, 6.07) is 7.55. The number of amides is 1. The van der Waals surface area contributed by atoms with Crippen molar-refractivity contribution in [1.82, 2.24) is 19.9 Å². The minimum absolute atomic E-state index is 0.221. The van der Waals surface area contributed by atoms with E-state index in [1.54, 1.807) is 12.6 Å². The van der Waals surface area contributed by atoms with Crippen LogP contribution in [0.25, 0.3) is 22.3 Å². The third-order valence-electron chi connectivity index (χ3n) is 5.95. The van der Waals surface area contributed by atoms with Crippen LogP contribution in [0.3, 0.4) is 0 Å². The van der Waals surface area contributed by atoms with Gasteiger partial charge in [0.05, 0.1) is 30.4 Å². The summed E-state index contributed by atoms with van der Waals surface area (Å²) in [6.07, 6.45) is 4.55. The number of carbonyl (C=O) groups is 1. The van der Waals surface area contributed by atoms with Crippen LogP contribution in [0.2, 0.25) is 0 Å². The lowest BCUT2D eigenvalue weighted by Gasteiger charge is -2.09. The number of furan rings is 1. The summed E-state index contributed by atoms with van der Waals surface area (Å²) in [6.45, 7) is 5.50. The molecular formula is C25H27N5O5. The predicted octanol–water partition coefficient (Wildman–Crippen LogP) is 4.33. The molecule has 3 aromatic heterocycles. The van der Waals surface area contributed by atoms with E-state index in [9.17, 15) is 4.79 Å². The Hall–Kier alpha value is -4.21. The van der Waals surface area contributed by atoms with Gasteiger partial charge in [0.25, 0.3) is 0 Å². The highest BCUT2D eigenvalue weighted by molar-refractivity contribution is 5.89. The Labute approximate surface area is 202 Å². The molecule has 0 saturated heterocycles. The molecule has 0 aliphatic carbocycles. The number of carbonyl (C=O) groups excluding carboxylic acids is 1.